The van der Waals surface area contributed by atoms with Gasteiger partial charge in [-0.05, 0) is 17.9 Å². The smallest absolute Gasteiger partial charge is 0.326 e. The summed E-state index contributed by atoms with van der Waals surface area (Å²) < 4.78 is 0. The lowest BCUT2D eigenvalue weighted by atomic mass is 10.0. The van der Waals surface area contributed by atoms with Crippen molar-refractivity contribution in [1.29, 1.82) is 0 Å². The third-order valence-corrected chi connectivity index (χ3v) is 3.54. The highest BCUT2D eigenvalue weighted by Crippen LogP contribution is 2.04. The topological polar surface area (TPSA) is 86.7 Å². The summed E-state index contributed by atoms with van der Waals surface area (Å²) in [7, 11) is 0. The first-order chi connectivity index (χ1) is 10.8. The van der Waals surface area contributed by atoms with Gasteiger partial charge in [-0.3, -0.25) is 9.59 Å². The zero-order valence-electron chi connectivity index (χ0n) is 13.8. The minimum atomic E-state index is -1.08. The van der Waals surface area contributed by atoms with E-state index < -0.39 is 17.9 Å². The van der Waals surface area contributed by atoms with E-state index in [9.17, 15) is 14.4 Å². The molecule has 0 aliphatic heterocycles. The van der Waals surface area contributed by atoms with Gasteiger partial charge in [0.15, 0.2) is 0 Å². The van der Waals surface area contributed by atoms with Crippen molar-refractivity contribution in [2.75, 3.05) is 13.1 Å². The Morgan fingerprint density at radius 2 is 1.78 bits per heavy atom. The highest BCUT2D eigenvalue weighted by Gasteiger charge is 2.24. The molecule has 0 saturated carbocycles. The van der Waals surface area contributed by atoms with Crippen LogP contribution in [0.25, 0.3) is 0 Å². The number of hydrogen-bond donors (Lipinski definition) is 2. The lowest BCUT2D eigenvalue weighted by Gasteiger charge is -2.23. The normalized spacial score (nSPS) is 11.8. The molecule has 0 saturated heterocycles. The molecule has 0 heterocycles. The van der Waals surface area contributed by atoms with Gasteiger partial charge in [-0.1, -0.05) is 44.2 Å². The van der Waals surface area contributed by atoms with E-state index in [-0.39, 0.29) is 18.4 Å². The molecule has 6 heteroatoms. The van der Waals surface area contributed by atoms with Crippen LogP contribution in [0.4, 0.5) is 0 Å². The molecule has 0 spiro atoms. The number of benzene rings is 1. The second kappa shape index (κ2) is 8.92. The highest BCUT2D eigenvalue weighted by atomic mass is 16.4. The van der Waals surface area contributed by atoms with E-state index in [1.807, 2.05) is 30.3 Å². The minimum absolute atomic E-state index is 0.140. The number of amides is 2. The summed E-state index contributed by atoms with van der Waals surface area (Å²) in [6.07, 6.45) is 0.639. The van der Waals surface area contributed by atoms with Gasteiger partial charge in [-0.15, -0.1) is 0 Å². The molecule has 0 aliphatic rings. The van der Waals surface area contributed by atoms with Gasteiger partial charge in [0.25, 0.3) is 0 Å². The van der Waals surface area contributed by atoms with E-state index in [0.29, 0.717) is 13.0 Å². The average molecular weight is 320 g/mol. The maximum absolute atomic E-state index is 12.0. The van der Waals surface area contributed by atoms with Gasteiger partial charge in [0.1, 0.15) is 6.04 Å². The number of nitrogens with one attached hydrogen (secondary N) is 1. The predicted molar refractivity (Wildman–Crippen MR) is 86.8 cm³/mol. The number of rotatable bonds is 8. The first-order valence-electron chi connectivity index (χ1n) is 7.63. The molecule has 0 bridgehead atoms. The van der Waals surface area contributed by atoms with Crippen LogP contribution in [0, 0.1) is 5.92 Å². The van der Waals surface area contributed by atoms with Crippen molar-refractivity contribution in [3.63, 3.8) is 0 Å². The third kappa shape index (κ3) is 6.50. The third-order valence-electron chi connectivity index (χ3n) is 3.54. The standard InChI is InChI=1S/C17H24N2O4/c1-12(2)16(17(22)23)18-15(21)11-19(13(3)20)10-9-14-7-5-4-6-8-14/h4-8,12,16H,9-11H2,1-3H3,(H,18,21)(H,22,23)/t16-/m0/s1. The molecule has 0 fully saturated rings. The molecule has 0 aliphatic carbocycles. The summed E-state index contributed by atoms with van der Waals surface area (Å²) in [6.45, 7) is 5.11. The van der Waals surface area contributed by atoms with Crippen molar-refractivity contribution in [2.24, 2.45) is 5.92 Å². The van der Waals surface area contributed by atoms with Crippen LogP contribution in [0.5, 0.6) is 0 Å². The Labute approximate surface area is 136 Å². The predicted octanol–water partition coefficient (Wildman–Crippen LogP) is 1.30. The van der Waals surface area contributed by atoms with Crippen molar-refractivity contribution in [2.45, 2.75) is 33.2 Å². The van der Waals surface area contributed by atoms with E-state index in [1.165, 1.54) is 11.8 Å². The second-order valence-corrected chi connectivity index (χ2v) is 5.80. The molecule has 1 rings (SSSR count). The van der Waals surface area contributed by atoms with Crippen LogP contribution in [-0.4, -0.2) is 46.9 Å². The van der Waals surface area contributed by atoms with Crippen LogP contribution >= 0.6 is 0 Å². The number of carboxylic acid groups (broad SMARTS) is 1. The maximum Gasteiger partial charge on any atom is 0.326 e. The SMILES string of the molecule is CC(=O)N(CCc1ccccc1)CC(=O)N[C@H](C(=O)O)C(C)C. The fraction of sp³-hybridized carbons (Fsp3) is 0.471. The second-order valence-electron chi connectivity index (χ2n) is 5.80. The molecular formula is C17H24N2O4. The largest absolute Gasteiger partial charge is 0.480 e. The number of aliphatic carboxylic acids is 1. The van der Waals surface area contributed by atoms with Crippen molar-refractivity contribution < 1.29 is 19.5 Å². The molecule has 126 valence electrons. The fourth-order valence-electron chi connectivity index (χ4n) is 2.16. The van der Waals surface area contributed by atoms with Crippen LogP contribution in [0.1, 0.15) is 26.3 Å². The van der Waals surface area contributed by atoms with Gasteiger partial charge < -0.3 is 15.3 Å². The number of hydrogen-bond acceptors (Lipinski definition) is 3. The molecule has 1 atom stereocenters. The number of carboxylic acids is 1. The van der Waals surface area contributed by atoms with E-state index in [1.54, 1.807) is 13.8 Å². The Morgan fingerprint density at radius 1 is 1.17 bits per heavy atom. The maximum atomic E-state index is 12.0. The molecule has 1 aromatic carbocycles. The summed E-state index contributed by atoms with van der Waals surface area (Å²) >= 11 is 0. The number of nitrogens with zero attached hydrogens (tertiary/aromatic N) is 1. The highest BCUT2D eigenvalue weighted by molar-refractivity contribution is 5.87. The monoisotopic (exact) mass is 320 g/mol. The Bertz CT molecular complexity index is 543. The van der Waals surface area contributed by atoms with Gasteiger partial charge in [0.2, 0.25) is 11.8 Å². The van der Waals surface area contributed by atoms with Crippen LogP contribution in [0.2, 0.25) is 0 Å². The molecular weight excluding hydrogens is 296 g/mol. The Hall–Kier alpha value is -2.37. The van der Waals surface area contributed by atoms with E-state index in [4.69, 9.17) is 5.11 Å². The summed E-state index contributed by atoms with van der Waals surface area (Å²) in [4.78, 5) is 36.2. The average Bonchev–Trinajstić information content (AvgIpc) is 2.49. The molecule has 23 heavy (non-hydrogen) atoms. The zero-order chi connectivity index (χ0) is 17.4. The number of carbonyl (C=O) groups excluding carboxylic acids is 2. The van der Waals surface area contributed by atoms with Crippen LogP contribution in [0.15, 0.2) is 30.3 Å². The summed E-state index contributed by atoms with van der Waals surface area (Å²) in [6, 6.07) is 8.71. The number of carbonyl (C=O) groups is 3. The molecule has 2 N–H and O–H groups in total. The quantitative estimate of drug-likeness (QED) is 0.756. The van der Waals surface area contributed by atoms with Gasteiger partial charge >= 0.3 is 5.97 Å². The lowest BCUT2D eigenvalue weighted by Crippen LogP contribution is -2.49. The van der Waals surface area contributed by atoms with E-state index in [2.05, 4.69) is 5.32 Å². The Balaban J connectivity index is 2.59. The lowest BCUT2D eigenvalue weighted by molar-refractivity contribution is -0.143. The van der Waals surface area contributed by atoms with Crippen LogP contribution in [0.3, 0.4) is 0 Å². The van der Waals surface area contributed by atoms with Gasteiger partial charge in [-0.25, -0.2) is 4.79 Å². The zero-order valence-corrected chi connectivity index (χ0v) is 13.8. The molecule has 0 radical (unpaired) electrons. The van der Waals surface area contributed by atoms with E-state index >= 15 is 0 Å². The molecule has 2 amide bonds. The van der Waals surface area contributed by atoms with Crippen molar-refractivity contribution in [1.82, 2.24) is 10.2 Å². The van der Waals surface area contributed by atoms with Crippen molar-refractivity contribution in [3.8, 4) is 0 Å². The first-order valence-corrected chi connectivity index (χ1v) is 7.63. The molecule has 0 aromatic heterocycles. The van der Waals surface area contributed by atoms with Gasteiger partial charge in [0, 0.05) is 13.5 Å². The van der Waals surface area contributed by atoms with Crippen molar-refractivity contribution >= 4 is 17.8 Å². The Kier molecular flexibility index (Phi) is 7.25. The fourth-order valence-corrected chi connectivity index (χ4v) is 2.16. The first kappa shape index (κ1) is 18.7. The molecule has 0 unspecified atom stereocenters. The Morgan fingerprint density at radius 3 is 2.26 bits per heavy atom. The molecule has 1 aromatic rings. The summed E-state index contributed by atoms with van der Waals surface area (Å²) in [5, 5.41) is 11.6. The van der Waals surface area contributed by atoms with Crippen LogP contribution in [-0.2, 0) is 20.8 Å². The van der Waals surface area contributed by atoms with Gasteiger partial charge in [0.05, 0.1) is 6.54 Å². The van der Waals surface area contributed by atoms with Crippen LogP contribution < -0.4 is 5.32 Å². The molecule has 6 nitrogen and oxygen atoms in total. The summed E-state index contributed by atoms with van der Waals surface area (Å²) in [5.74, 6) is -1.99. The van der Waals surface area contributed by atoms with Crippen molar-refractivity contribution in [3.05, 3.63) is 35.9 Å². The summed E-state index contributed by atoms with van der Waals surface area (Å²) in [5.41, 5.74) is 1.07. The minimum Gasteiger partial charge on any atom is -0.480 e. The van der Waals surface area contributed by atoms with E-state index in [0.717, 1.165) is 5.56 Å². The van der Waals surface area contributed by atoms with Gasteiger partial charge in [-0.2, -0.15) is 0 Å².